The summed E-state index contributed by atoms with van der Waals surface area (Å²) in [5.74, 6) is 1.95. The van der Waals surface area contributed by atoms with Crippen molar-refractivity contribution in [1.82, 2.24) is 10.3 Å². The summed E-state index contributed by atoms with van der Waals surface area (Å²) in [7, 11) is 2.02. The quantitative estimate of drug-likeness (QED) is 0.825. The van der Waals surface area contributed by atoms with E-state index >= 15 is 0 Å². The lowest BCUT2D eigenvalue weighted by atomic mass is 9.93. The first-order valence-corrected chi connectivity index (χ1v) is 7.01. The molecule has 0 fully saturated rings. The van der Waals surface area contributed by atoms with E-state index in [1.807, 2.05) is 18.4 Å². The smallest absolute Gasteiger partial charge is 0.0931 e. The second kappa shape index (κ2) is 6.36. The summed E-state index contributed by atoms with van der Waals surface area (Å²) in [5, 5.41) is 6.77. The van der Waals surface area contributed by atoms with E-state index < -0.39 is 0 Å². The van der Waals surface area contributed by atoms with Gasteiger partial charge in [-0.25, -0.2) is 4.98 Å². The van der Waals surface area contributed by atoms with Crippen LogP contribution in [-0.4, -0.2) is 18.6 Å². The van der Waals surface area contributed by atoms with E-state index in [1.54, 1.807) is 0 Å². The number of hydrogen-bond acceptors (Lipinski definition) is 3. The Kier molecular flexibility index (Phi) is 5.42. The lowest BCUT2D eigenvalue weighted by Crippen LogP contribution is -2.25. The molecule has 0 radical (unpaired) electrons. The summed E-state index contributed by atoms with van der Waals surface area (Å²) in [5.41, 5.74) is 1.24. The maximum Gasteiger partial charge on any atom is 0.0931 e. The van der Waals surface area contributed by atoms with Crippen LogP contribution in [0.4, 0.5) is 0 Å². The van der Waals surface area contributed by atoms with Crippen molar-refractivity contribution in [3.8, 4) is 0 Å². The monoisotopic (exact) mass is 240 g/mol. The molecule has 92 valence electrons. The molecule has 2 nitrogen and oxygen atoms in total. The van der Waals surface area contributed by atoms with E-state index in [0.717, 1.165) is 13.0 Å². The van der Waals surface area contributed by atoms with Gasteiger partial charge in [-0.15, -0.1) is 11.3 Å². The first-order chi connectivity index (χ1) is 7.54. The predicted octanol–water partition coefficient (Wildman–Crippen LogP) is 3.30. The van der Waals surface area contributed by atoms with Crippen LogP contribution in [0.15, 0.2) is 5.38 Å². The normalized spacial score (nSPS) is 13.7. The zero-order valence-corrected chi connectivity index (χ0v) is 11.9. The summed E-state index contributed by atoms with van der Waals surface area (Å²) in [6.45, 7) is 10.1. The second-order valence-electron chi connectivity index (χ2n) is 5.09. The molecule has 0 aliphatic rings. The molecule has 0 aliphatic heterocycles. The topological polar surface area (TPSA) is 24.9 Å². The fourth-order valence-corrected chi connectivity index (χ4v) is 2.76. The first-order valence-electron chi connectivity index (χ1n) is 6.13. The maximum atomic E-state index is 4.70. The molecule has 0 bridgehead atoms. The van der Waals surface area contributed by atoms with Gasteiger partial charge >= 0.3 is 0 Å². The highest BCUT2D eigenvalue weighted by Gasteiger charge is 2.15. The molecule has 1 rings (SSSR count). The number of hydrogen-bond donors (Lipinski definition) is 1. The molecule has 0 aromatic carbocycles. The van der Waals surface area contributed by atoms with E-state index in [2.05, 4.69) is 38.4 Å². The minimum absolute atomic E-state index is 0.548. The van der Waals surface area contributed by atoms with Crippen LogP contribution in [0.5, 0.6) is 0 Å². The van der Waals surface area contributed by atoms with Crippen molar-refractivity contribution in [1.29, 1.82) is 0 Å². The Labute approximate surface area is 103 Å². The highest BCUT2D eigenvalue weighted by molar-refractivity contribution is 7.09. The van der Waals surface area contributed by atoms with Gasteiger partial charge in [0.15, 0.2) is 0 Å². The van der Waals surface area contributed by atoms with Gasteiger partial charge in [0.05, 0.1) is 10.7 Å². The molecule has 1 heterocycles. The minimum atomic E-state index is 0.548. The Hall–Kier alpha value is -0.410. The van der Waals surface area contributed by atoms with Crippen molar-refractivity contribution in [3.63, 3.8) is 0 Å². The van der Waals surface area contributed by atoms with Crippen LogP contribution < -0.4 is 5.32 Å². The minimum Gasteiger partial charge on any atom is -0.319 e. The third kappa shape index (κ3) is 3.87. The highest BCUT2D eigenvalue weighted by Crippen LogP contribution is 2.22. The van der Waals surface area contributed by atoms with Gasteiger partial charge in [-0.1, -0.05) is 27.7 Å². The van der Waals surface area contributed by atoms with Crippen LogP contribution in [0.1, 0.15) is 44.3 Å². The fraction of sp³-hybridized carbons (Fsp3) is 0.769. The molecule has 0 saturated carbocycles. The number of rotatable bonds is 6. The van der Waals surface area contributed by atoms with Crippen LogP contribution in [-0.2, 0) is 6.42 Å². The average Bonchev–Trinajstić information content (AvgIpc) is 2.65. The molecule has 1 unspecified atom stereocenters. The number of nitrogens with one attached hydrogen (secondary N) is 1. The maximum absolute atomic E-state index is 4.70. The number of aromatic nitrogens is 1. The predicted molar refractivity (Wildman–Crippen MR) is 72.2 cm³/mol. The van der Waals surface area contributed by atoms with Gasteiger partial charge in [0.2, 0.25) is 0 Å². The molecule has 0 aliphatic carbocycles. The Balaban J connectivity index is 2.62. The lowest BCUT2D eigenvalue weighted by Gasteiger charge is -2.19. The molecular formula is C13H24N2S. The van der Waals surface area contributed by atoms with Crippen molar-refractivity contribution >= 4 is 11.3 Å². The SMILES string of the molecule is CNCC(Cc1nc(C(C)C)cs1)C(C)C. The molecule has 1 N–H and O–H groups in total. The molecule has 3 heteroatoms. The summed E-state index contributed by atoms with van der Waals surface area (Å²) in [6.07, 6.45) is 1.11. The van der Waals surface area contributed by atoms with Crippen molar-refractivity contribution in [2.24, 2.45) is 11.8 Å². The Bertz CT molecular complexity index is 305. The van der Waals surface area contributed by atoms with E-state index in [-0.39, 0.29) is 0 Å². The molecule has 16 heavy (non-hydrogen) atoms. The van der Waals surface area contributed by atoms with E-state index in [0.29, 0.717) is 17.8 Å². The van der Waals surface area contributed by atoms with Gasteiger partial charge in [-0.2, -0.15) is 0 Å². The summed E-state index contributed by atoms with van der Waals surface area (Å²) < 4.78 is 0. The largest absolute Gasteiger partial charge is 0.319 e. The van der Waals surface area contributed by atoms with Gasteiger partial charge in [-0.05, 0) is 31.3 Å². The summed E-state index contributed by atoms with van der Waals surface area (Å²) in [6, 6.07) is 0. The molecule has 1 aromatic heterocycles. The van der Waals surface area contributed by atoms with E-state index in [4.69, 9.17) is 4.98 Å². The van der Waals surface area contributed by atoms with E-state index in [9.17, 15) is 0 Å². The molecule has 1 aromatic rings. The summed E-state index contributed by atoms with van der Waals surface area (Å²) >= 11 is 1.81. The van der Waals surface area contributed by atoms with Crippen molar-refractivity contribution < 1.29 is 0 Å². The van der Waals surface area contributed by atoms with Gasteiger partial charge in [-0.3, -0.25) is 0 Å². The third-order valence-electron chi connectivity index (χ3n) is 3.01. The molecule has 0 saturated heterocycles. The molecule has 0 amide bonds. The van der Waals surface area contributed by atoms with Gasteiger partial charge in [0.1, 0.15) is 0 Å². The van der Waals surface area contributed by atoms with Gasteiger partial charge < -0.3 is 5.32 Å². The second-order valence-corrected chi connectivity index (χ2v) is 6.03. The van der Waals surface area contributed by atoms with Crippen molar-refractivity contribution in [2.75, 3.05) is 13.6 Å². The van der Waals surface area contributed by atoms with Crippen LogP contribution in [0, 0.1) is 11.8 Å². The van der Waals surface area contributed by atoms with Crippen molar-refractivity contribution in [3.05, 3.63) is 16.1 Å². The third-order valence-corrected chi connectivity index (χ3v) is 3.90. The molecular weight excluding hydrogens is 216 g/mol. The molecule has 0 spiro atoms. The zero-order valence-electron chi connectivity index (χ0n) is 11.1. The Morgan fingerprint density at radius 1 is 1.31 bits per heavy atom. The van der Waals surface area contributed by atoms with Crippen LogP contribution in [0.2, 0.25) is 0 Å². The first kappa shape index (κ1) is 13.7. The van der Waals surface area contributed by atoms with Crippen LogP contribution in [0.25, 0.3) is 0 Å². The zero-order chi connectivity index (χ0) is 12.1. The van der Waals surface area contributed by atoms with Crippen LogP contribution >= 0.6 is 11.3 Å². The van der Waals surface area contributed by atoms with E-state index in [1.165, 1.54) is 10.7 Å². The van der Waals surface area contributed by atoms with Crippen LogP contribution in [0.3, 0.4) is 0 Å². The van der Waals surface area contributed by atoms with Crippen molar-refractivity contribution in [2.45, 2.75) is 40.0 Å². The summed E-state index contributed by atoms with van der Waals surface area (Å²) in [4.78, 5) is 4.70. The highest BCUT2D eigenvalue weighted by atomic mass is 32.1. The Morgan fingerprint density at radius 3 is 2.44 bits per heavy atom. The Morgan fingerprint density at radius 2 is 2.00 bits per heavy atom. The lowest BCUT2D eigenvalue weighted by molar-refractivity contribution is 0.370. The molecule has 1 atom stereocenters. The number of thiazole rings is 1. The van der Waals surface area contributed by atoms with Gasteiger partial charge in [0.25, 0.3) is 0 Å². The standard InChI is InChI=1S/C13H24N2S/c1-9(2)11(7-14-5)6-13-15-12(8-16-13)10(3)4/h8-11,14H,6-7H2,1-5H3. The fourth-order valence-electron chi connectivity index (χ4n) is 1.71. The number of nitrogens with zero attached hydrogens (tertiary/aromatic N) is 1. The average molecular weight is 240 g/mol. The van der Waals surface area contributed by atoms with Gasteiger partial charge in [0, 0.05) is 11.8 Å².